The van der Waals surface area contributed by atoms with Crippen LogP contribution in [0, 0.1) is 14.9 Å². The SMILES string of the molecule is N#C/C(=C/c1ccc(OCc2ccc(I)cc2)c(Br)c1)C(=O)Nc1cccc(Br)c1. The topological polar surface area (TPSA) is 62.1 Å². The molecular weight excluding hydrogens is 623 g/mol. The summed E-state index contributed by atoms with van der Waals surface area (Å²) in [6, 6.07) is 22.7. The van der Waals surface area contributed by atoms with E-state index in [2.05, 4.69) is 59.8 Å². The maximum Gasteiger partial charge on any atom is 0.266 e. The van der Waals surface area contributed by atoms with Gasteiger partial charge in [-0.05, 0) is 98.2 Å². The van der Waals surface area contributed by atoms with Crippen molar-refractivity contribution in [3.05, 3.63) is 95.9 Å². The largest absolute Gasteiger partial charge is 0.488 e. The van der Waals surface area contributed by atoms with E-state index in [1.807, 2.05) is 54.6 Å². The molecule has 3 aromatic rings. The monoisotopic (exact) mass is 636 g/mol. The van der Waals surface area contributed by atoms with Crippen LogP contribution in [0.2, 0.25) is 0 Å². The Hall–Kier alpha value is -2.15. The van der Waals surface area contributed by atoms with E-state index in [0.29, 0.717) is 23.6 Å². The smallest absolute Gasteiger partial charge is 0.266 e. The van der Waals surface area contributed by atoms with Gasteiger partial charge in [0.2, 0.25) is 0 Å². The summed E-state index contributed by atoms with van der Waals surface area (Å²) < 4.78 is 8.62. The third-order valence-corrected chi connectivity index (χ3v) is 5.85. The summed E-state index contributed by atoms with van der Waals surface area (Å²) in [7, 11) is 0. The van der Waals surface area contributed by atoms with Crippen molar-refractivity contribution in [1.82, 2.24) is 0 Å². The van der Waals surface area contributed by atoms with E-state index < -0.39 is 5.91 Å². The Labute approximate surface area is 205 Å². The summed E-state index contributed by atoms with van der Waals surface area (Å²) in [4.78, 5) is 12.4. The minimum atomic E-state index is -0.467. The van der Waals surface area contributed by atoms with E-state index in [0.717, 1.165) is 14.5 Å². The van der Waals surface area contributed by atoms with Crippen LogP contribution in [0.5, 0.6) is 5.75 Å². The summed E-state index contributed by atoms with van der Waals surface area (Å²) >= 11 is 9.12. The molecule has 0 unspecified atom stereocenters. The third kappa shape index (κ3) is 6.42. The van der Waals surface area contributed by atoms with Gasteiger partial charge in [0.05, 0.1) is 4.47 Å². The zero-order valence-corrected chi connectivity index (χ0v) is 20.9. The molecule has 0 aliphatic heterocycles. The van der Waals surface area contributed by atoms with Crippen molar-refractivity contribution in [2.45, 2.75) is 6.61 Å². The molecular formula is C23H15Br2IN2O2. The summed E-state index contributed by atoms with van der Waals surface area (Å²) in [6.45, 7) is 0.448. The molecule has 0 saturated heterocycles. The number of nitrogens with one attached hydrogen (secondary N) is 1. The first-order valence-electron chi connectivity index (χ1n) is 8.80. The lowest BCUT2D eigenvalue weighted by Gasteiger charge is -2.09. The number of carbonyl (C=O) groups excluding carboxylic acids is 1. The first-order chi connectivity index (χ1) is 14.4. The lowest BCUT2D eigenvalue weighted by molar-refractivity contribution is -0.112. The summed E-state index contributed by atoms with van der Waals surface area (Å²) in [5.41, 5.74) is 2.40. The third-order valence-electron chi connectivity index (χ3n) is 4.02. The van der Waals surface area contributed by atoms with Crippen molar-refractivity contribution in [1.29, 1.82) is 5.26 Å². The van der Waals surface area contributed by atoms with E-state index in [-0.39, 0.29) is 5.57 Å². The first kappa shape index (κ1) is 22.5. The van der Waals surface area contributed by atoms with Gasteiger partial charge in [0.25, 0.3) is 5.91 Å². The van der Waals surface area contributed by atoms with Crippen LogP contribution in [0.1, 0.15) is 11.1 Å². The highest BCUT2D eigenvalue weighted by Crippen LogP contribution is 2.28. The van der Waals surface area contributed by atoms with Gasteiger partial charge < -0.3 is 10.1 Å². The molecule has 7 heteroatoms. The van der Waals surface area contributed by atoms with Crippen LogP contribution in [0.15, 0.2) is 81.2 Å². The summed E-state index contributed by atoms with van der Waals surface area (Å²) in [5.74, 6) is 0.216. The quantitative estimate of drug-likeness (QED) is 0.181. The van der Waals surface area contributed by atoms with E-state index in [1.54, 1.807) is 24.3 Å². The Bertz CT molecular complexity index is 1140. The second kappa shape index (κ2) is 10.8. The highest BCUT2D eigenvalue weighted by Gasteiger charge is 2.11. The molecule has 0 radical (unpaired) electrons. The van der Waals surface area contributed by atoms with E-state index in [9.17, 15) is 10.1 Å². The van der Waals surface area contributed by atoms with Crippen LogP contribution in [0.4, 0.5) is 5.69 Å². The van der Waals surface area contributed by atoms with Crippen molar-refractivity contribution in [2.24, 2.45) is 0 Å². The van der Waals surface area contributed by atoms with Crippen LogP contribution in [-0.4, -0.2) is 5.91 Å². The highest BCUT2D eigenvalue weighted by molar-refractivity contribution is 14.1. The van der Waals surface area contributed by atoms with Gasteiger partial charge >= 0.3 is 0 Å². The standard InChI is InChI=1S/C23H15Br2IN2O2/c24-18-2-1-3-20(12-18)28-23(29)17(13-27)10-16-6-9-22(21(25)11-16)30-14-15-4-7-19(26)8-5-15/h1-12H,14H2,(H,28,29)/b17-10-. The number of ether oxygens (including phenoxy) is 1. The fourth-order valence-electron chi connectivity index (χ4n) is 2.55. The molecule has 3 rings (SSSR count). The lowest BCUT2D eigenvalue weighted by atomic mass is 10.1. The van der Waals surface area contributed by atoms with Gasteiger partial charge in [-0.3, -0.25) is 4.79 Å². The Morgan fingerprint density at radius 1 is 1.10 bits per heavy atom. The minimum Gasteiger partial charge on any atom is -0.488 e. The van der Waals surface area contributed by atoms with Crippen molar-refractivity contribution < 1.29 is 9.53 Å². The van der Waals surface area contributed by atoms with Crippen LogP contribution in [-0.2, 0) is 11.4 Å². The zero-order valence-electron chi connectivity index (χ0n) is 15.5. The fourth-order valence-corrected chi connectivity index (χ4v) is 3.82. The van der Waals surface area contributed by atoms with Crippen LogP contribution in [0.25, 0.3) is 6.08 Å². The highest BCUT2D eigenvalue weighted by atomic mass is 127. The molecule has 0 fully saturated rings. The predicted octanol–water partition coefficient (Wildman–Crippen LogP) is 6.94. The summed E-state index contributed by atoms with van der Waals surface area (Å²) in [6.07, 6.45) is 1.54. The van der Waals surface area contributed by atoms with Gasteiger partial charge in [-0.2, -0.15) is 5.26 Å². The van der Waals surface area contributed by atoms with Crippen LogP contribution >= 0.6 is 54.5 Å². The number of nitriles is 1. The number of halogens is 3. The second-order valence-electron chi connectivity index (χ2n) is 6.24. The van der Waals surface area contributed by atoms with Crippen molar-refractivity contribution in [3.8, 4) is 11.8 Å². The van der Waals surface area contributed by atoms with Gasteiger partial charge in [0.15, 0.2) is 0 Å². The average Bonchev–Trinajstić information content (AvgIpc) is 2.72. The molecule has 0 aromatic heterocycles. The zero-order chi connectivity index (χ0) is 21.5. The van der Waals surface area contributed by atoms with Gasteiger partial charge in [-0.15, -0.1) is 0 Å². The van der Waals surface area contributed by atoms with Crippen LogP contribution < -0.4 is 10.1 Å². The van der Waals surface area contributed by atoms with E-state index in [1.165, 1.54) is 3.57 Å². The Morgan fingerprint density at radius 3 is 2.53 bits per heavy atom. The van der Waals surface area contributed by atoms with Crippen molar-refractivity contribution in [3.63, 3.8) is 0 Å². The van der Waals surface area contributed by atoms with E-state index in [4.69, 9.17) is 4.74 Å². The molecule has 1 N–H and O–H groups in total. The van der Waals surface area contributed by atoms with E-state index >= 15 is 0 Å². The number of hydrogen-bond acceptors (Lipinski definition) is 3. The van der Waals surface area contributed by atoms with Gasteiger partial charge in [-0.1, -0.05) is 40.2 Å². The number of rotatable bonds is 6. The molecule has 1 amide bonds. The molecule has 4 nitrogen and oxygen atoms in total. The molecule has 150 valence electrons. The maximum atomic E-state index is 12.4. The van der Waals surface area contributed by atoms with Gasteiger partial charge in [0, 0.05) is 13.7 Å². The lowest BCUT2D eigenvalue weighted by Crippen LogP contribution is -2.13. The number of benzene rings is 3. The number of hydrogen-bond donors (Lipinski definition) is 1. The Morgan fingerprint density at radius 2 is 1.87 bits per heavy atom. The normalized spacial score (nSPS) is 10.9. The molecule has 0 atom stereocenters. The summed E-state index contributed by atoms with van der Waals surface area (Å²) in [5, 5.41) is 12.1. The number of nitrogens with zero attached hydrogens (tertiary/aromatic N) is 1. The number of amides is 1. The second-order valence-corrected chi connectivity index (χ2v) is 9.25. The Balaban J connectivity index is 1.70. The average molecular weight is 638 g/mol. The number of carbonyl (C=O) groups is 1. The van der Waals surface area contributed by atoms with Gasteiger partial charge in [0.1, 0.15) is 24.0 Å². The van der Waals surface area contributed by atoms with Crippen LogP contribution in [0.3, 0.4) is 0 Å². The predicted molar refractivity (Wildman–Crippen MR) is 134 cm³/mol. The number of anilines is 1. The van der Waals surface area contributed by atoms with Crippen molar-refractivity contribution >= 4 is 72.1 Å². The first-order valence-corrected chi connectivity index (χ1v) is 11.5. The molecule has 0 spiro atoms. The molecule has 30 heavy (non-hydrogen) atoms. The molecule has 0 aliphatic rings. The molecule has 0 bridgehead atoms. The van der Waals surface area contributed by atoms with Crippen molar-refractivity contribution in [2.75, 3.05) is 5.32 Å². The minimum absolute atomic E-state index is 0.00873. The van der Waals surface area contributed by atoms with Gasteiger partial charge in [-0.25, -0.2) is 0 Å². The molecule has 0 saturated carbocycles. The fraction of sp³-hybridized carbons (Fsp3) is 0.0435. The molecule has 0 heterocycles. The maximum absolute atomic E-state index is 12.4. The Kier molecular flexibility index (Phi) is 8.08. The molecule has 3 aromatic carbocycles. The molecule has 0 aliphatic carbocycles.